The van der Waals surface area contributed by atoms with Crippen LogP contribution in [0, 0.1) is 0 Å². The molecule has 2 aromatic carbocycles. The summed E-state index contributed by atoms with van der Waals surface area (Å²) in [6, 6.07) is 14.6. The first-order valence-electron chi connectivity index (χ1n) is 8.87. The maximum absolute atomic E-state index is 13.3. The Balaban J connectivity index is 1.50. The largest absolute Gasteiger partial charge is 0.455 e. The predicted molar refractivity (Wildman–Crippen MR) is 95.8 cm³/mol. The average Bonchev–Trinajstić information content (AvgIpc) is 3.40. The number of amides is 1. The molecule has 2 aliphatic heterocycles. The van der Waals surface area contributed by atoms with Gasteiger partial charge < -0.3 is 18.8 Å². The minimum atomic E-state index is -4.57. The third-order valence-corrected chi connectivity index (χ3v) is 5.04. The summed E-state index contributed by atoms with van der Waals surface area (Å²) in [5.41, 5.74) is 2.15. The SMILES string of the molecule is O=C1C(c2ccc3c(c2)OCO3)c2ccccc2N1Cc1ccc(C(F)(F)F)o1. The van der Waals surface area contributed by atoms with Gasteiger partial charge in [-0.3, -0.25) is 4.79 Å². The molecule has 0 saturated heterocycles. The minimum Gasteiger partial charge on any atom is -0.455 e. The van der Waals surface area contributed by atoms with Crippen LogP contribution < -0.4 is 14.4 Å². The lowest BCUT2D eigenvalue weighted by atomic mass is 9.92. The van der Waals surface area contributed by atoms with Crippen LogP contribution in [-0.2, 0) is 17.5 Å². The predicted octanol–water partition coefficient (Wildman–Crippen LogP) is 4.71. The van der Waals surface area contributed by atoms with Gasteiger partial charge in [-0.15, -0.1) is 0 Å². The number of carbonyl (C=O) groups is 1. The molecule has 1 unspecified atom stereocenters. The highest BCUT2D eigenvalue weighted by Gasteiger charge is 2.40. The topological polar surface area (TPSA) is 51.9 Å². The molecule has 5 rings (SSSR count). The van der Waals surface area contributed by atoms with Crippen LogP contribution in [0.15, 0.2) is 59.0 Å². The third-order valence-electron chi connectivity index (χ3n) is 5.04. The van der Waals surface area contributed by atoms with Crippen LogP contribution in [0.25, 0.3) is 0 Å². The first-order valence-corrected chi connectivity index (χ1v) is 8.87. The highest BCUT2D eigenvalue weighted by atomic mass is 19.4. The number of fused-ring (bicyclic) bond motifs is 2. The third kappa shape index (κ3) is 2.91. The maximum atomic E-state index is 13.3. The van der Waals surface area contributed by atoms with Crippen molar-refractivity contribution in [2.24, 2.45) is 0 Å². The van der Waals surface area contributed by atoms with Gasteiger partial charge in [0, 0.05) is 5.69 Å². The van der Waals surface area contributed by atoms with Gasteiger partial charge in [-0.2, -0.15) is 13.2 Å². The fraction of sp³-hybridized carbons (Fsp3) is 0.190. The Kier molecular flexibility index (Phi) is 3.84. The second-order valence-electron chi connectivity index (χ2n) is 6.79. The smallest absolute Gasteiger partial charge is 0.449 e. The van der Waals surface area contributed by atoms with Crippen molar-refractivity contribution in [1.82, 2.24) is 0 Å². The van der Waals surface area contributed by atoms with Crippen LogP contribution in [0.3, 0.4) is 0 Å². The molecule has 8 heteroatoms. The number of benzene rings is 2. The van der Waals surface area contributed by atoms with Gasteiger partial charge in [-0.25, -0.2) is 0 Å². The van der Waals surface area contributed by atoms with Crippen molar-refractivity contribution in [3.8, 4) is 11.5 Å². The molecule has 1 atom stereocenters. The van der Waals surface area contributed by atoms with Gasteiger partial charge in [0.1, 0.15) is 5.76 Å². The number of anilines is 1. The van der Waals surface area contributed by atoms with Crippen molar-refractivity contribution in [3.63, 3.8) is 0 Å². The molecule has 148 valence electrons. The zero-order chi connectivity index (χ0) is 20.2. The Bertz CT molecular complexity index is 1110. The van der Waals surface area contributed by atoms with Crippen molar-refractivity contribution < 1.29 is 31.9 Å². The van der Waals surface area contributed by atoms with E-state index >= 15 is 0 Å². The second kappa shape index (κ2) is 6.30. The van der Waals surface area contributed by atoms with Gasteiger partial charge in [0.25, 0.3) is 0 Å². The molecule has 1 amide bonds. The lowest BCUT2D eigenvalue weighted by Gasteiger charge is -2.17. The molecule has 29 heavy (non-hydrogen) atoms. The highest BCUT2D eigenvalue weighted by Crippen LogP contribution is 2.44. The van der Waals surface area contributed by atoms with Crippen LogP contribution in [0.4, 0.5) is 18.9 Å². The zero-order valence-electron chi connectivity index (χ0n) is 14.9. The molecule has 0 bridgehead atoms. The number of hydrogen-bond acceptors (Lipinski definition) is 4. The minimum absolute atomic E-state index is 0.0619. The summed E-state index contributed by atoms with van der Waals surface area (Å²) in [6.45, 7) is 0.0348. The lowest BCUT2D eigenvalue weighted by Crippen LogP contribution is -2.28. The molecular formula is C21H14F3NO4. The van der Waals surface area contributed by atoms with E-state index in [-0.39, 0.29) is 25.0 Å². The number of furan rings is 1. The van der Waals surface area contributed by atoms with E-state index in [0.717, 1.165) is 17.2 Å². The van der Waals surface area contributed by atoms with E-state index in [1.54, 1.807) is 30.3 Å². The fourth-order valence-electron chi connectivity index (χ4n) is 3.73. The standard InChI is InChI=1S/C21H14F3NO4/c22-21(23,24)18-8-6-13(29-18)10-25-15-4-2-1-3-14(15)19(20(25)26)12-5-7-16-17(9-12)28-11-27-16/h1-9,19H,10-11H2. The zero-order valence-corrected chi connectivity index (χ0v) is 14.9. The Labute approximate surface area is 163 Å². The van der Waals surface area contributed by atoms with Gasteiger partial charge in [0.2, 0.25) is 18.5 Å². The number of ether oxygens (including phenoxy) is 2. The molecule has 0 fully saturated rings. The number of nitrogens with zero attached hydrogens (tertiary/aromatic N) is 1. The molecule has 0 saturated carbocycles. The Morgan fingerprint density at radius 2 is 1.79 bits per heavy atom. The van der Waals surface area contributed by atoms with E-state index in [9.17, 15) is 18.0 Å². The number of hydrogen-bond donors (Lipinski definition) is 0. The van der Waals surface area contributed by atoms with Crippen LogP contribution in [0.2, 0.25) is 0 Å². The van der Waals surface area contributed by atoms with E-state index in [2.05, 4.69) is 0 Å². The van der Waals surface area contributed by atoms with Gasteiger partial charge in [-0.1, -0.05) is 24.3 Å². The van der Waals surface area contributed by atoms with Crippen molar-refractivity contribution in [2.45, 2.75) is 18.6 Å². The van der Waals surface area contributed by atoms with Crippen LogP contribution >= 0.6 is 0 Å². The summed E-state index contributed by atoms with van der Waals surface area (Å²) in [5, 5.41) is 0. The molecule has 0 radical (unpaired) electrons. The molecule has 1 aromatic heterocycles. The van der Waals surface area contributed by atoms with Crippen LogP contribution in [-0.4, -0.2) is 12.7 Å². The Morgan fingerprint density at radius 1 is 1.00 bits per heavy atom. The summed E-state index contributed by atoms with van der Waals surface area (Å²) in [5.74, 6) is -0.675. The quantitative estimate of drug-likeness (QED) is 0.638. The van der Waals surface area contributed by atoms with E-state index in [1.165, 1.54) is 11.0 Å². The number of rotatable bonds is 3. The number of para-hydroxylation sites is 1. The summed E-state index contributed by atoms with van der Waals surface area (Å²) in [7, 11) is 0. The average molecular weight is 401 g/mol. The molecule has 0 aliphatic carbocycles. The van der Waals surface area contributed by atoms with Gasteiger partial charge in [0.05, 0.1) is 12.5 Å². The van der Waals surface area contributed by atoms with E-state index in [4.69, 9.17) is 13.9 Å². The summed E-state index contributed by atoms with van der Waals surface area (Å²) in [6.07, 6.45) is -4.57. The molecule has 0 N–H and O–H groups in total. The first kappa shape index (κ1) is 17.7. The number of halogens is 3. The molecule has 0 spiro atoms. The highest BCUT2D eigenvalue weighted by molar-refractivity contribution is 6.06. The van der Waals surface area contributed by atoms with Crippen molar-refractivity contribution in [2.75, 3.05) is 11.7 Å². The summed E-state index contributed by atoms with van der Waals surface area (Å²) >= 11 is 0. The maximum Gasteiger partial charge on any atom is 0.449 e. The molecule has 3 heterocycles. The van der Waals surface area contributed by atoms with Crippen molar-refractivity contribution in [1.29, 1.82) is 0 Å². The molecule has 2 aliphatic rings. The summed E-state index contributed by atoms with van der Waals surface area (Å²) < 4.78 is 54.1. The van der Waals surface area contributed by atoms with Crippen molar-refractivity contribution >= 4 is 11.6 Å². The van der Waals surface area contributed by atoms with E-state index < -0.39 is 17.9 Å². The van der Waals surface area contributed by atoms with Gasteiger partial charge in [0.15, 0.2) is 11.5 Å². The van der Waals surface area contributed by atoms with E-state index in [1.807, 2.05) is 12.1 Å². The monoisotopic (exact) mass is 401 g/mol. The second-order valence-corrected chi connectivity index (χ2v) is 6.79. The van der Waals surface area contributed by atoms with Gasteiger partial charge in [-0.05, 0) is 41.5 Å². The molecular weight excluding hydrogens is 387 g/mol. The number of carbonyl (C=O) groups excluding carboxylic acids is 1. The first-order chi connectivity index (χ1) is 13.9. The Hall–Kier alpha value is -3.42. The lowest BCUT2D eigenvalue weighted by molar-refractivity contribution is -0.153. The van der Waals surface area contributed by atoms with Crippen molar-refractivity contribution in [3.05, 3.63) is 77.2 Å². The summed E-state index contributed by atoms with van der Waals surface area (Å²) in [4.78, 5) is 14.7. The Morgan fingerprint density at radius 3 is 2.59 bits per heavy atom. The molecule has 5 nitrogen and oxygen atoms in total. The van der Waals surface area contributed by atoms with Gasteiger partial charge >= 0.3 is 6.18 Å². The van der Waals surface area contributed by atoms with Crippen LogP contribution in [0.5, 0.6) is 11.5 Å². The molecule has 3 aromatic rings. The fourth-order valence-corrected chi connectivity index (χ4v) is 3.73. The number of alkyl halides is 3. The normalized spacial score (nSPS) is 17.7. The van der Waals surface area contributed by atoms with Crippen LogP contribution in [0.1, 0.15) is 28.6 Å². The van der Waals surface area contributed by atoms with E-state index in [0.29, 0.717) is 17.2 Å².